The summed E-state index contributed by atoms with van der Waals surface area (Å²) < 4.78 is 0. The molecule has 0 saturated heterocycles. The molecule has 1 aromatic rings. The van der Waals surface area contributed by atoms with Gasteiger partial charge >= 0.3 is 19.5 Å². The Balaban J connectivity index is 0. The van der Waals surface area contributed by atoms with Crippen LogP contribution in [0.2, 0.25) is 0 Å². The molecule has 0 bridgehead atoms. The van der Waals surface area contributed by atoms with Gasteiger partial charge in [-0.2, -0.15) is 42.1 Å². The van der Waals surface area contributed by atoms with E-state index in [0.29, 0.717) is 0 Å². The monoisotopic (exact) mass is 314 g/mol. The standard InChI is InChI=1S/C7H7S.HI.Zn/c1-8-7-5-3-2-4-6-7;;/h3-6H,1H3;1H;/q-1;;+2/p-1. The molecule has 0 nitrogen and oxygen atoms in total. The van der Waals surface area contributed by atoms with E-state index in [1.165, 1.54) is 4.90 Å². The summed E-state index contributed by atoms with van der Waals surface area (Å²) >= 11 is 1.75. The van der Waals surface area contributed by atoms with E-state index >= 15 is 0 Å². The second kappa shape index (κ2) is 8.02. The van der Waals surface area contributed by atoms with Gasteiger partial charge in [0, 0.05) is 0 Å². The fourth-order valence-corrected chi connectivity index (χ4v) is 0.916. The molecule has 0 saturated carbocycles. The zero-order chi connectivity index (χ0) is 5.82. The average Bonchev–Trinajstić information content (AvgIpc) is 1.90. The Morgan fingerprint density at radius 2 is 1.80 bits per heavy atom. The van der Waals surface area contributed by atoms with E-state index in [1.807, 2.05) is 24.3 Å². The minimum Gasteiger partial charge on any atom is -1.00 e. The smallest absolute Gasteiger partial charge is 1.00 e. The summed E-state index contributed by atoms with van der Waals surface area (Å²) in [5.41, 5.74) is 0. The van der Waals surface area contributed by atoms with E-state index in [4.69, 9.17) is 0 Å². The number of thioether (sulfide) groups is 1. The largest absolute Gasteiger partial charge is 2.00 e. The van der Waals surface area contributed by atoms with E-state index in [2.05, 4.69) is 12.3 Å². The molecule has 0 amide bonds. The van der Waals surface area contributed by atoms with Crippen molar-refractivity contribution in [3.8, 4) is 0 Å². The van der Waals surface area contributed by atoms with Gasteiger partial charge in [-0.05, 0) is 6.26 Å². The minimum atomic E-state index is 0. The summed E-state index contributed by atoms with van der Waals surface area (Å²) in [5, 5.41) is 0. The molecule has 0 aromatic heterocycles. The summed E-state index contributed by atoms with van der Waals surface area (Å²) in [5.74, 6) is 0. The van der Waals surface area contributed by atoms with Crippen molar-refractivity contribution in [1.29, 1.82) is 0 Å². The summed E-state index contributed by atoms with van der Waals surface area (Å²) in [6, 6.07) is 10.9. The molecule has 0 atom stereocenters. The molecule has 3 heteroatoms. The third kappa shape index (κ3) is 4.70. The SMILES string of the molecule is CSc1cc[c-]cc1.[I-].[Zn+2]. The number of hydrogen-bond donors (Lipinski definition) is 0. The predicted molar refractivity (Wildman–Crippen MR) is 37.1 cm³/mol. The molecule has 50 valence electrons. The molecule has 0 heterocycles. The molecule has 0 N–H and O–H groups in total. The first kappa shape index (κ1) is 13.5. The molecule has 0 spiro atoms. The Bertz CT molecular complexity index is 155. The Hall–Kier alpha value is 0.923. The van der Waals surface area contributed by atoms with Gasteiger partial charge in [-0.3, -0.25) is 0 Å². The maximum atomic E-state index is 2.95. The van der Waals surface area contributed by atoms with Gasteiger partial charge in [0.15, 0.2) is 0 Å². The van der Waals surface area contributed by atoms with Gasteiger partial charge in [0.05, 0.1) is 0 Å². The van der Waals surface area contributed by atoms with Gasteiger partial charge in [0.25, 0.3) is 0 Å². The van der Waals surface area contributed by atoms with Crippen LogP contribution in [0.25, 0.3) is 0 Å². The number of halogens is 1. The van der Waals surface area contributed by atoms with E-state index in [0.717, 1.165) is 0 Å². The van der Waals surface area contributed by atoms with Gasteiger partial charge in [-0.25, -0.2) is 0 Å². The molecule has 1 aromatic carbocycles. The van der Waals surface area contributed by atoms with E-state index < -0.39 is 0 Å². The molecule has 0 aliphatic rings. The van der Waals surface area contributed by atoms with Crippen LogP contribution < -0.4 is 24.0 Å². The topological polar surface area (TPSA) is 0 Å². The van der Waals surface area contributed by atoms with Gasteiger partial charge in [-0.15, -0.1) is 4.90 Å². The average molecular weight is 315 g/mol. The molecule has 0 fully saturated rings. The number of benzene rings is 1. The Labute approximate surface area is 95.9 Å². The van der Waals surface area contributed by atoms with E-state index in [9.17, 15) is 0 Å². The zero-order valence-corrected chi connectivity index (χ0v) is 11.7. The van der Waals surface area contributed by atoms with Crippen LogP contribution in [0, 0.1) is 6.07 Å². The van der Waals surface area contributed by atoms with Crippen molar-refractivity contribution in [2.75, 3.05) is 6.26 Å². The van der Waals surface area contributed by atoms with Crippen LogP contribution in [-0.2, 0) is 19.5 Å². The van der Waals surface area contributed by atoms with Crippen LogP contribution in [0.5, 0.6) is 0 Å². The van der Waals surface area contributed by atoms with Crippen LogP contribution in [0.4, 0.5) is 0 Å². The second-order valence-electron chi connectivity index (χ2n) is 1.44. The molecule has 0 aliphatic carbocycles. The molecule has 1 rings (SSSR count). The molecule has 0 aliphatic heterocycles. The van der Waals surface area contributed by atoms with Crippen molar-refractivity contribution in [3.63, 3.8) is 0 Å². The molecule has 10 heavy (non-hydrogen) atoms. The Morgan fingerprint density at radius 3 is 2.10 bits per heavy atom. The summed E-state index contributed by atoms with van der Waals surface area (Å²) in [6.07, 6.45) is 2.06. The Morgan fingerprint density at radius 1 is 1.30 bits per heavy atom. The third-order valence-corrected chi connectivity index (χ3v) is 1.67. The van der Waals surface area contributed by atoms with Gasteiger partial charge in [-0.1, -0.05) is 0 Å². The zero-order valence-electron chi connectivity index (χ0n) is 5.80. The van der Waals surface area contributed by atoms with Crippen molar-refractivity contribution >= 4 is 11.8 Å². The van der Waals surface area contributed by atoms with E-state index in [1.54, 1.807) is 11.8 Å². The van der Waals surface area contributed by atoms with Crippen LogP contribution in [0.15, 0.2) is 29.2 Å². The van der Waals surface area contributed by atoms with Crippen LogP contribution in [0.3, 0.4) is 0 Å². The first-order valence-corrected chi connectivity index (χ1v) is 3.66. The van der Waals surface area contributed by atoms with Gasteiger partial charge in [0.1, 0.15) is 0 Å². The van der Waals surface area contributed by atoms with Crippen LogP contribution >= 0.6 is 11.8 Å². The van der Waals surface area contributed by atoms with E-state index in [-0.39, 0.29) is 43.5 Å². The fraction of sp³-hybridized carbons (Fsp3) is 0.143. The van der Waals surface area contributed by atoms with Crippen LogP contribution in [-0.4, -0.2) is 6.26 Å². The first-order valence-electron chi connectivity index (χ1n) is 2.43. The quantitative estimate of drug-likeness (QED) is 0.283. The van der Waals surface area contributed by atoms with Crippen molar-refractivity contribution in [2.24, 2.45) is 0 Å². The van der Waals surface area contributed by atoms with Crippen LogP contribution in [0.1, 0.15) is 0 Å². The molecular formula is C7H7ISZn. The maximum absolute atomic E-state index is 2.95. The molecular weight excluding hydrogens is 308 g/mol. The summed E-state index contributed by atoms with van der Waals surface area (Å²) in [7, 11) is 0. The first-order chi connectivity index (χ1) is 3.93. The normalized spacial score (nSPS) is 7.30. The van der Waals surface area contributed by atoms with Gasteiger partial charge in [0.2, 0.25) is 0 Å². The maximum Gasteiger partial charge on any atom is 2.00 e. The summed E-state index contributed by atoms with van der Waals surface area (Å²) in [6.45, 7) is 0. The van der Waals surface area contributed by atoms with Crippen molar-refractivity contribution in [2.45, 2.75) is 4.90 Å². The van der Waals surface area contributed by atoms with Crippen molar-refractivity contribution in [3.05, 3.63) is 30.3 Å². The summed E-state index contributed by atoms with van der Waals surface area (Å²) in [4.78, 5) is 1.30. The second-order valence-corrected chi connectivity index (χ2v) is 2.32. The third-order valence-electron chi connectivity index (χ3n) is 0.923. The van der Waals surface area contributed by atoms with Crippen molar-refractivity contribution in [1.82, 2.24) is 0 Å². The fourth-order valence-electron chi connectivity index (χ4n) is 0.508. The molecule has 0 radical (unpaired) electrons. The van der Waals surface area contributed by atoms with Gasteiger partial charge < -0.3 is 24.0 Å². The number of rotatable bonds is 1. The predicted octanol–water partition coefficient (Wildman–Crippen LogP) is -0.790. The Kier molecular flexibility index (Phi) is 10.8. The van der Waals surface area contributed by atoms with Crippen molar-refractivity contribution < 1.29 is 43.5 Å². The minimum absolute atomic E-state index is 0. The molecule has 0 unspecified atom stereocenters. The number of hydrogen-bond acceptors (Lipinski definition) is 1.